The van der Waals surface area contributed by atoms with Crippen molar-refractivity contribution in [3.63, 3.8) is 0 Å². The number of H-pyrrole nitrogens is 2. The molecule has 0 bridgehead atoms. The molecular formula is C21H20ClN5O3S. The SMILES string of the molecule is O=S(=O)(Nc1cc(-c2nc3ccccc3[nH]2)[nH]n1)c1cc(Cl)ccc1OCC1CCC1. The van der Waals surface area contributed by atoms with E-state index >= 15 is 0 Å². The van der Waals surface area contributed by atoms with Gasteiger partial charge in [-0.1, -0.05) is 30.2 Å². The molecule has 2 aromatic carbocycles. The summed E-state index contributed by atoms with van der Waals surface area (Å²) in [5.74, 6) is 1.44. The molecule has 0 aliphatic heterocycles. The second-order valence-electron chi connectivity index (χ2n) is 7.57. The van der Waals surface area contributed by atoms with E-state index in [9.17, 15) is 8.42 Å². The minimum absolute atomic E-state index is 0.0207. The Kier molecular flexibility index (Phi) is 5.07. The smallest absolute Gasteiger partial charge is 0.266 e. The monoisotopic (exact) mass is 457 g/mol. The summed E-state index contributed by atoms with van der Waals surface area (Å²) in [7, 11) is -3.97. The number of anilines is 1. The van der Waals surface area contributed by atoms with Crippen LogP contribution in [0.3, 0.4) is 0 Å². The largest absolute Gasteiger partial charge is 0.492 e. The Morgan fingerprint density at radius 2 is 2.00 bits per heavy atom. The Balaban J connectivity index is 1.39. The van der Waals surface area contributed by atoms with Crippen molar-refractivity contribution >= 4 is 38.5 Å². The van der Waals surface area contributed by atoms with Crippen LogP contribution in [0.1, 0.15) is 19.3 Å². The molecule has 8 nitrogen and oxygen atoms in total. The van der Waals surface area contributed by atoms with E-state index < -0.39 is 10.0 Å². The van der Waals surface area contributed by atoms with Crippen LogP contribution in [-0.2, 0) is 10.0 Å². The third-order valence-corrected chi connectivity index (χ3v) is 6.97. The van der Waals surface area contributed by atoms with Crippen LogP contribution in [0.15, 0.2) is 53.4 Å². The first-order chi connectivity index (χ1) is 15.0. The fourth-order valence-electron chi connectivity index (χ4n) is 3.45. The zero-order valence-electron chi connectivity index (χ0n) is 16.4. The molecule has 1 saturated carbocycles. The van der Waals surface area contributed by atoms with E-state index in [1.165, 1.54) is 12.5 Å². The molecule has 31 heavy (non-hydrogen) atoms. The van der Waals surface area contributed by atoms with Gasteiger partial charge in [-0.15, -0.1) is 0 Å². The van der Waals surface area contributed by atoms with Crippen LogP contribution in [0.25, 0.3) is 22.6 Å². The number of hydrogen-bond acceptors (Lipinski definition) is 5. The maximum atomic E-state index is 13.1. The van der Waals surface area contributed by atoms with Crippen LogP contribution in [0.4, 0.5) is 5.82 Å². The average molecular weight is 458 g/mol. The molecule has 1 aliphatic carbocycles. The number of para-hydroxylation sites is 2. The highest BCUT2D eigenvalue weighted by Crippen LogP contribution is 2.32. The molecule has 1 fully saturated rings. The van der Waals surface area contributed by atoms with Crippen molar-refractivity contribution < 1.29 is 13.2 Å². The summed E-state index contributed by atoms with van der Waals surface area (Å²) in [4.78, 5) is 7.65. The van der Waals surface area contributed by atoms with Crippen LogP contribution in [0.2, 0.25) is 5.02 Å². The van der Waals surface area contributed by atoms with E-state index in [0.717, 1.165) is 23.9 Å². The second kappa shape index (κ2) is 7.90. The van der Waals surface area contributed by atoms with Gasteiger partial charge in [-0.25, -0.2) is 13.4 Å². The number of rotatable bonds is 7. The predicted octanol–water partition coefficient (Wildman–Crippen LogP) is 4.59. The zero-order chi connectivity index (χ0) is 21.4. The van der Waals surface area contributed by atoms with Gasteiger partial charge in [0.25, 0.3) is 10.0 Å². The molecule has 0 atom stereocenters. The Hall–Kier alpha value is -3.04. The molecule has 0 amide bonds. The fraction of sp³-hybridized carbons (Fsp3) is 0.238. The Bertz CT molecular complexity index is 1310. The number of hydrogen-bond donors (Lipinski definition) is 3. The summed E-state index contributed by atoms with van der Waals surface area (Å²) >= 11 is 6.07. The number of nitrogens with zero attached hydrogens (tertiary/aromatic N) is 2. The summed E-state index contributed by atoms with van der Waals surface area (Å²) in [5, 5.41) is 7.19. The highest BCUT2D eigenvalue weighted by atomic mass is 35.5. The van der Waals surface area contributed by atoms with Crippen LogP contribution >= 0.6 is 11.6 Å². The van der Waals surface area contributed by atoms with Gasteiger partial charge in [-0.05, 0) is 49.1 Å². The van der Waals surface area contributed by atoms with E-state index in [1.54, 1.807) is 18.2 Å². The molecule has 3 N–H and O–H groups in total. The molecule has 2 aromatic heterocycles. The van der Waals surface area contributed by atoms with Crippen LogP contribution in [0.5, 0.6) is 5.75 Å². The topological polar surface area (TPSA) is 113 Å². The van der Waals surface area contributed by atoms with Gasteiger partial charge in [0.1, 0.15) is 16.3 Å². The number of benzene rings is 2. The van der Waals surface area contributed by atoms with Crippen molar-refractivity contribution in [2.45, 2.75) is 24.2 Å². The maximum absolute atomic E-state index is 13.1. The lowest BCUT2D eigenvalue weighted by molar-refractivity contribution is 0.177. The highest BCUT2D eigenvalue weighted by Gasteiger charge is 2.24. The standard InChI is InChI=1S/C21H20ClN5O3S/c22-14-8-9-18(30-12-13-4-3-5-13)19(10-14)31(28,29)27-20-11-17(25-26-20)21-23-15-6-1-2-7-16(15)24-21/h1-2,6-11,13H,3-5,12H2,(H,23,24)(H2,25,26,27). The summed E-state index contributed by atoms with van der Waals surface area (Å²) < 4.78 is 34.4. The van der Waals surface area contributed by atoms with E-state index in [1.807, 2.05) is 24.3 Å². The molecule has 0 spiro atoms. The van der Waals surface area contributed by atoms with Gasteiger partial charge in [0.2, 0.25) is 0 Å². The summed E-state index contributed by atoms with van der Waals surface area (Å²) in [6.45, 7) is 0.489. The van der Waals surface area contributed by atoms with E-state index in [0.29, 0.717) is 29.1 Å². The molecule has 0 radical (unpaired) electrons. The number of sulfonamides is 1. The number of imidazole rings is 1. The van der Waals surface area contributed by atoms with Gasteiger partial charge in [-0.3, -0.25) is 9.82 Å². The van der Waals surface area contributed by atoms with Crippen molar-refractivity contribution in [1.29, 1.82) is 0 Å². The van der Waals surface area contributed by atoms with Gasteiger partial charge in [0, 0.05) is 11.1 Å². The van der Waals surface area contributed by atoms with Crippen LogP contribution in [-0.4, -0.2) is 35.2 Å². The van der Waals surface area contributed by atoms with E-state index in [4.69, 9.17) is 16.3 Å². The zero-order valence-corrected chi connectivity index (χ0v) is 18.0. The predicted molar refractivity (Wildman–Crippen MR) is 119 cm³/mol. The van der Waals surface area contributed by atoms with Crippen molar-refractivity contribution in [3.8, 4) is 17.3 Å². The number of halogens is 1. The van der Waals surface area contributed by atoms with Crippen molar-refractivity contribution in [2.75, 3.05) is 11.3 Å². The first-order valence-electron chi connectivity index (χ1n) is 9.94. The Labute approximate surface area is 184 Å². The summed E-state index contributed by atoms with van der Waals surface area (Å²) in [5.41, 5.74) is 2.24. The molecule has 1 aliphatic rings. The molecule has 2 heterocycles. The van der Waals surface area contributed by atoms with Crippen molar-refractivity contribution in [1.82, 2.24) is 20.2 Å². The Morgan fingerprint density at radius 1 is 1.16 bits per heavy atom. The van der Waals surface area contributed by atoms with E-state index in [-0.39, 0.29) is 16.5 Å². The third-order valence-electron chi connectivity index (χ3n) is 5.36. The Morgan fingerprint density at radius 3 is 2.77 bits per heavy atom. The quantitative estimate of drug-likeness (QED) is 0.375. The molecule has 10 heteroatoms. The lowest BCUT2D eigenvalue weighted by Crippen LogP contribution is -2.21. The first kappa shape index (κ1) is 19.9. The molecule has 0 saturated heterocycles. The minimum Gasteiger partial charge on any atom is -0.492 e. The van der Waals surface area contributed by atoms with E-state index in [2.05, 4.69) is 24.9 Å². The first-order valence-corrected chi connectivity index (χ1v) is 11.8. The van der Waals surface area contributed by atoms with Gasteiger partial charge in [0.15, 0.2) is 11.6 Å². The molecule has 5 rings (SSSR count). The number of aromatic amines is 2. The lowest BCUT2D eigenvalue weighted by Gasteiger charge is -2.25. The average Bonchev–Trinajstić information content (AvgIpc) is 3.34. The van der Waals surface area contributed by atoms with Gasteiger partial charge in [0.05, 0.1) is 17.6 Å². The molecule has 0 unspecified atom stereocenters. The van der Waals surface area contributed by atoms with Crippen molar-refractivity contribution in [3.05, 3.63) is 53.6 Å². The lowest BCUT2D eigenvalue weighted by atomic mass is 9.86. The molecule has 160 valence electrons. The normalized spacial score (nSPS) is 14.5. The van der Waals surface area contributed by atoms with Gasteiger partial charge >= 0.3 is 0 Å². The van der Waals surface area contributed by atoms with Crippen molar-refractivity contribution in [2.24, 2.45) is 5.92 Å². The number of ether oxygens (including phenoxy) is 1. The van der Waals surface area contributed by atoms with Gasteiger partial charge < -0.3 is 9.72 Å². The second-order valence-corrected chi connectivity index (χ2v) is 9.66. The summed E-state index contributed by atoms with van der Waals surface area (Å²) in [6, 6.07) is 13.8. The maximum Gasteiger partial charge on any atom is 0.266 e. The molecular weight excluding hydrogens is 438 g/mol. The highest BCUT2D eigenvalue weighted by molar-refractivity contribution is 7.92. The van der Waals surface area contributed by atoms with Crippen LogP contribution < -0.4 is 9.46 Å². The number of fused-ring (bicyclic) bond motifs is 1. The third kappa shape index (κ3) is 4.11. The number of nitrogens with one attached hydrogen (secondary N) is 3. The number of aromatic nitrogens is 4. The minimum atomic E-state index is -3.97. The van der Waals surface area contributed by atoms with Crippen LogP contribution in [0, 0.1) is 5.92 Å². The summed E-state index contributed by atoms with van der Waals surface area (Å²) in [6.07, 6.45) is 3.39. The van der Waals surface area contributed by atoms with Gasteiger partial charge in [-0.2, -0.15) is 5.10 Å². The molecule has 4 aromatic rings. The fourth-order valence-corrected chi connectivity index (χ4v) is 4.85.